The lowest BCUT2D eigenvalue weighted by Crippen LogP contribution is -2.31. The van der Waals surface area contributed by atoms with Gasteiger partial charge in [0.05, 0.1) is 34.9 Å². The highest BCUT2D eigenvalue weighted by Crippen LogP contribution is 2.46. The van der Waals surface area contributed by atoms with Crippen LogP contribution in [0.5, 0.6) is 0 Å². The number of primary amides is 1. The van der Waals surface area contributed by atoms with Crippen LogP contribution in [0.2, 0.25) is 0 Å². The van der Waals surface area contributed by atoms with Gasteiger partial charge in [-0.15, -0.1) is 23.1 Å². The van der Waals surface area contributed by atoms with Gasteiger partial charge in [0, 0.05) is 10.3 Å². The number of rotatable bonds is 3. The minimum atomic E-state index is -0.950. The minimum Gasteiger partial charge on any atom is -0.395 e. The van der Waals surface area contributed by atoms with Crippen LogP contribution in [0.4, 0.5) is 0 Å². The van der Waals surface area contributed by atoms with Gasteiger partial charge in [0.2, 0.25) is 5.91 Å². The molecule has 0 spiro atoms. The molecule has 4 atom stereocenters. The predicted molar refractivity (Wildman–Crippen MR) is 66.1 cm³/mol. The van der Waals surface area contributed by atoms with E-state index in [1.807, 2.05) is 0 Å². The molecule has 1 aliphatic rings. The van der Waals surface area contributed by atoms with Gasteiger partial charge in [-0.25, -0.2) is 0 Å². The maximum atomic E-state index is 11.0. The molecular formula is C10H13NO4S2. The number of aliphatic hydroxyl groups excluding tert-OH is 3. The molecule has 1 saturated heterocycles. The van der Waals surface area contributed by atoms with Crippen LogP contribution in [0.3, 0.4) is 0 Å². The Bertz CT molecular complexity index is 422. The summed E-state index contributed by atoms with van der Waals surface area (Å²) >= 11 is 2.63. The second kappa shape index (κ2) is 4.95. The molecule has 0 aliphatic carbocycles. The minimum absolute atomic E-state index is 0.187. The molecular weight excluding hydrogens is 262 g/mol. The molecule has 2 rings (SSSR count). The summed E-state index contributed by atoms with van der Waals surface area (Å²) in [6, 6.07) is 1.63. The van der Waals surface area contributed by atoms with Gasteiger partial charge in [0.25, 0.3) is 0 Å². The lowest BCUT2D eigenvalue weighted by molar-refractivity contribution is 0.0202. The SMILES string of the molecule is NC(=O)c1csc([C@@H]2S[C@H](CO)[C@@H](O)[C@H]2O)c1. The number of amides is 1. The normalized spacial score (nSPS) is 32.9. The molecule has 1 amide bonds. The number of carbonyl (C=O) groups is 1. The van der Waals surface area contributed by atoms with E-state index in [1.54, 1.807) is 11.4 Å². The molecule has 1 aliphatic heterocycles. The van der Waals surface area contributed by atoms with E-state index in [0.29, 0.717) is 5.56 Å². The zero-order chi connectivity index (χ0) is 12.6. The number of aliphatic hydroxyl groups is 3. The van der Waals surface area contributed by atoms with Crippen LogP contribution in [-0.4, -0.2) is 45.3 Å². The Morgan fingerprint density at radius 1 is 1.41 bits per heavy atom. The van der Waals surface area contributed by atoms with Crippen LogP contribution in [0.1, 0.15) is 20.5 Å². The highest BCUT2D eigenvalue weighted by atomic mass is 32.2. The third kappa shape index (κ3) is 2.34. The van der Waals surface area contributed by atoms with Crippen LogP contribution in [0.25, 0.3) is 0 Å². The summed E-state index contributed by atoms with van der Waals surface area (Å²) in [4.78, 5) is 11.7. The molecule has 17 heavy (non-hydrogen) atoms. The standard InChI is InChI=1S/C10H13NO4S2/c11-10(15)4-1-5(16-3-4)9-8(14)7(13)6(2-12)17-9/h1,3,6-9,12-14H,2H2,(H2,11,15)/t6-,7-,8-,9+/m1/s1. The van der Waals surface area contributed by atoms with E-state index in [-0.39, 0.29) is 11.9 Å². The Kier molecular flexibility index (Phi) is 3.74. The molecule has 1 fully saturated rings. The monoisotopic (exact) mass is 275 g/mol. The fraction of sp³-hybridized carbons (Fsp3) is 0.500. The van der Waals surface area contributed by atoms with E-state index in [4.69, 9.17) is 10.8 Å². The summed E-state index contributed by atoms with van der Waals surface area (Å²) in [7, 11) is 0. The average molecular weight is 275 g/mol. The molecule has 94 valence electrons. The molecule has 0 aromatic carbocycles. The molecule has 0 saturated carbocycles. The summed E-state index contributed by atoms with van der Waals surface area (Å²) < 4.78 is 0. The highest BCUT2D eigenvalue weighted by Gasteiger charge is 2.43. The van der Waals surface area contributed by atoms with Gasteiger partial charge in [-0.05, 0) is 6.07 Å². The summed E-state index contributed by atoms with van der Waals surface area (Å²) in [5, 5.41) is 29.5. The van der Waals surface area contributed by atoms with Gasteiger partial charge in [0.15, 0.2) is 0 Å². The maximum absolute atomic E-state index is 11.0. The highest BCUT2D eigenvalue weighted by molar-refractivity contribution is 8.00. The molecule has 5 nitrogen and oxygen atoms in total. The summed E-state index contributed by atoms with van der Waals surface area (Å²) in [5.41, 5.74) is 5.55. The van der Waals surface area contributed by atoms with E-state index < -0.39 is 23.4 Å². The van der Waals surface area contributed by atoms with Crippen molar-refractivity contribution in [1.82, 2.24) is 0 Å². The smallest absolute Gasteiger partial charge is 0.249 e. The lowest BCUT2D eigenvalue weighted by atomic mass is 10.1. The van der Waals surface area contributed by atoms with Crippen molar-refractivity contribution < 1.29 is 20.1 Å². The van der Waals surface area contributed by atoms with Crippen molar-refractivity contribution in [1.29, 1.82) is 0 Å². The van der Waals surface area contributed by atoms with Crippen molar-refractivity contribution in [2.45, 2.75) is 22.7 Å². The first-order chi connectivity index (χ1) is 8.04. The Morgan fingerprint density at radius 3 is 2.59 bits per heavy atom. The summed E-state index contributed by atoms with van der Waals surface area (Å²) in [5.74, 6) is -0.510. The van der Waals surface area contributed by atoms with Gasteiger partial charge in [-0.3, -0.25) is 4.79 Å². The Labute approximate surface area is 106 Å². The van der Waals surface area contributed by atoms with Gasteiger partial charge in [-0.1, -0.05) is 0 Å². The van der Waals surface area contributed by atoms with E-state index >= 15 is 0 Å². The first kappa shape index (κ1) is 12.8. The van der Waals surface area contributed by atoms with E-state index in [2.05, 4.69) is 0 Å². The lowest BCUT2D eigenvalue weighted by Gasteiger charge is -2.13. The predicted octanol–water partition coefficient (Wildman–Crippen LogP) is -0.282. The molecule has 5 N–H and O–H groups in total. The molecule has 7 heteroatoms. The van der Waals surface area contributed by atoms with Crippen molar-refractivity contribution >= 4 is 29.0 Å². The van der Waals surface area contributed by atoms with E-state index in [0.717, 1.165) is 4.88 Å². The van der Waals surface area contributed by atoms with Gasteiger partial charge in [-0.2, -0.15) is 0 Å². The summed E-state index contributed by atoms with van der Waals surface area (Å²) in [6.07, 6.45) is -1.88. The second-order valence-electron chi connectivity index (χ2n) is 3.86. The molecule has 0 unspecified atom stereocenters. The van der Waals surface area contributed by atoms with Crippen molar-refractivity contribution in [3.8, 4) is 0 Å². The van der Waals surface area contributed by atoms with Crippen LogP contribution < -0.4 is 5.73 Å². The molecule has 1 aromatic rings. The third-order valence-corrected chi connectivity index (χ3v) is 5.50. The number of hydrogen-bond acceptors (Lipinski definition) is 6. The second-order valence-corrected chi connectivity index (χ2v) is 6.19. The van der Waals surface area contributed by atoms with Gasteiger partial charge in [0.1, 0.15) is 0 Å². The topological polar surface area (TPSA) is 104 Å². The van der Waals surface area contributed by atoms with E-state index in [1.165, 1.54) is 23.1 Å². The number of hydrogen-bond donors (Lipinski definition) is 4. The molecule has 0 bridgehead atoms. The summed E-state index contributed by atoms with van der Waals surface area (Å²) in [6.45, 7) is -0.187. The zero-order valence-corrected chi connectivity index (χ0v) is 10.4. The zero-order valence-electron chi connectivity index (χ0n) is 8.81. The first-order valence-electron chi connectivity index (χ1n) is 5.05. The van der Waals surface area contributed by atoms with Crippen LogP contribution in [0.15, 0.2) is 11.4 Å². The van der Waals surface area contributed by atoms with Crippen molar-refractivity contribution in [2.24, 2.45) is 5.73 Å². The fourth-order valence-corrected chi connectivity index (χ4v) is 4.32. The number of thiophene rings is 1. The Morgan fingerprint density at radius 2 is 2.12 bits per heavy atom. The molecule has 1 aromatic heterocycles. The van der Waals surface area contributed by atoms with Crippen molar-refractivity contribution in [3.05, 3.63) is 21.9 Å². The third-order valence-electron chi connectivity index (χ3n) is 2.73. The number of carbonyl (C=O) groups excluding carboxylic acids is 1. The molecule has 0 radical (unpaired) electrons. The van der Waals surface area contributed by atoms with Crippen LogP contribution in [-0.2, 0) is 0 Å². The Balaban J connectivity index is 2.19. The molecule has 2 heterocycles. The number of thioether (sulfide) groups is 1. The van der Waals surface area contributed by atoms with Crippen molar-refractivity contribution in [3.63, 3.8) is 0 Å². The quantitative estimate of drug-likeness (QED) is 0.607. The fourth-order valence-electron chi connectivity index (χ4n) is 1.77. The van der Waals surface area contributed by atoms with Crippen LogP contribution >= 0.6 is 23.1 Å². The maximum Gasteiger partial charge on any atom is 0.249 e. The number of nitrogens with two attached hydrogens (primary N) is 1. The van der Waals surface area contributed by atoms with E-state index in [9.17, 15) is 15.0 Å². The largest absolute Gasteiger partial charge is 0.395 e. The Hall–Kier alpha value is -0.600. The van der Waals surface area contributed by atoms with Gasteiger partial charge < -0.3 is 21.1 Å². The van der Waals surface area contributed by atoms with Crippen LogP contribution in [0, 0.1) is 0 Å². The first-order valence-corrected chi connectivity index (χ1v) is 6.87. The van der Waals surface area contributed by atoms with Gasteiger partial charge >= 0.3 is 0 Å². The van der Waals surface area contributed by atoms with Crippen molar-refractivity contribution in [2.75, 3.05) is 6.61 Å². The average Bonchev–Trinajstić information content (AvgIpc) is 2.87.